The molecule has 5 nitrogen and oxygen atoms in total. The third kappa shape index (κ3) is 4.13. The molecule has 6 heteroatoms. The minimum atomic E-state index is 0.0800. The molecule has 1 aromatic carbocycles. The van der Waals surface area contributed by atoms with Gasteiger partial charge in [0.1, 0.15) is 6.33 Å². The zero-order chi connectivity index (χ0) is 16.1. The molecular formula is C17H22N4OS. The topological polar surface area (TPSA) is 59.8 Å². The van der Waals surface area contributed by atoms with E-state index >= 15 is 0 Å². The number of hydrogen-bond donors (Lipinski definition) is 1. The second-order valence-electron chi connectivity index (χ2n) is 6.04. The second kappa shape index (κ2) is 7.64. The van der Waals surface area contributed by atoms with Crippen LogP contribution in [0.3, 0.4) is 0 Å². The lowest BCUT2D eigenvalue weighted by Gasteiger charge is -2.29. The van der Waals surface area contributed by atoms with E-state index in [0.29, 0.717) is 17.7 Å². The predicted molar refractivity (Wildman–Crippen MR) is 91.6 cm³/mol. The number of carbonyl (C=O) groups is 1. The van der Waals surface area contributed by atoms with Gasteiger partial charge in [-0.05, 0) is 30.9 Å². The minimum absolute atomic E-state index is 0.0800. The van der Waals surface area contributed by atoms with Crippen LogP contribution in [0.15, 0.2) is 41.8 Å². The average molecular weight is 330 g/mol. The average Bonchev–Trinajstić information content (AvgIpc) is 3.04. The highest BCUT2D eigenvalue weighted by molar-refractivity contribution is 7.99. The maximum atomic E-state index is 12.2. The van der Waals surface area contributed by atoms with Gasteiger partial charge >= 0.3 is 0 Å². The Balaban J connectivity index is 1.57. The van der Waals surface area contributed by atoms with Crippen molar-refractivity contribution in [2.24, 2.45) is 5.92 Å². The molecule has 1 aliphatic carbocycles. The van der Waals surface area contributed by atoms with Gasteiger partial charge in [0.25, 0.3) is 0 Å². The molecule has 1 amide bonds. The molecule has 0 radical (unpaired) electrons. The van der Waals surface area contributed by atoms with Crippen molar-refractivity contribution in [1.29, 1.82) is 0 Å². The zero-order valence-corrected chi connectivity index (χ0v) is 14.1. The number of carbonyl (C=O) groups excluding carboxylic acids is 1. The molecule has 0 saturated heterocycles. The predicted octanol–water partition coefficient (Wildman–Crippen LogP) is 3.05. The Bertz CT molecular complexity index is 643. The van der Waals surface area contributed by atoms with E-state index in [1.54, 1.807) is 6.33 Å². The molecule has 1 aromatic heterocycles. The quantitative estimate of drug-likeness (QED) is 0.856. The Morgan fingerprint density at radius 3 is 2.87 bits per heavy atom. The fraction of sp³-hybridized carbons (Fsp3) is 0.471. The lowest BCUT2D eigenvalue weighted by Crippen LogP contribution is -2.41. The van der Waals surface area contributed by atoms with E-state index in [1.807, 2.05) is 34.9 Å². The van der Waals surface area contributed by atoms with Crippen LogP contribution in [0.4, 0.5) is 0 Å². The van der Waals surface area contributed by atoms with E-state index in [9.17, 15) is 4.79 Å². The van der Waals surface area contributed by atoms with Crippen LogP contribution in [-0.4, -0.2) is 32.5 Å². The van der Waals surface area contributed by atoms with Gasteiger partial charge in [0.2, 0.25) is 5.91 Å². The first-order valence-electron chi connectivity index (χ1n) is 8.11. The smallest absolute Gasteiger partial charge is 0.230 e. The van der Waals surface area contributed by atoms with Crippen LogP contribution in [0.25, 0.3) is 5.69 Å². The molecule has 3 rings (SSSR count). The highest BCUT2D eigenvalue weighted by Gasteiger charge is 2.22. The van der Waals surface area contributed by atoms with Gasteiger partial charge in [-0.3, -0.25) is 9.36 Å². The second-order valence-corrected chi connectivity index (χ2v) is 6.99. The fourth-order valence-electron chi connectivity index (χ4n) is 3.00. The van der Waals surface area contributed by atoms with Crippen molar-refractivity contribution in [1.82, 2.24) is 20.1 Å². The molecule has 1 N–H and O–H groups in total. The number of benzene rings is 1. The number of para-hydroxylation sites is 1. The van der Waals surface area contributed by atoms with E-state index < -0.39 is 0 Å². The van der Waals surface area contributed by atoms with Gasteiger partial charge in [0.15, 0.2) is 5.16 Å². The Labute approximate surface area is 140 Å². The summed E-state index contributed by atoms with van der Waals surface area (Å²) in [5, 5.41) is 12.0. The molecule has 23 heavy (non-hydrogen) atoms. The van der Waals surface area contributed by atoms with Gasteiger partial charge in [-0.2, -0.15) is 0 Å². The third-order valence-corrected chi connectivity index (χ3v) is 5.28. The lowest BCUT2D eigenvalue weighted by molar-refractivity contribution is -0.119. The molecule has 1 fully saturated rings. The highest BCUT2D eigenvalue weighted by atomic mass is 32.2. The third-order valence-electron chi connectivity index (χ3n) is 4.34. The van der Waals surface area contributed by atoms with Crippen molar-refractivity contribution in [2.45, 2.75) is 43.8 Å². The van der Waals surface area contributed by atoms with Crippen LogP contribution in [0.5, 0.6) is 0 Å². The summed E-state index contributed by atoms with van der Waals surface area (Å²) < 4.78 is 1.90. The van der Waals surface area contributed by atoms with Crippen LogP contribution >= 0.6 is 11.8 Å². The van der Waals surface area contributed by atoms with E-state index in [1.165, 1.54) is 31.0 Å². The normalized spacial score (nSPS) is 21.1. The van der Waals surface area contributed by atoms with Gasteiger partial charge in [-0.15, -0.1) is 10.2 Å². The monoisotopic (exact) mass is 330 g/mol. The molecule has 122 valence electrons. The van der Waals surface area contributed by atoms with Gasteiger partial charge < -0.3 is 5.32 Å². The molecule has 1 saturated carbocycles. The summed E-state index contributed by atoms with van der Waals surface area (Å²) in [5.41, 5.74) is 1.00. The SMILES string of the molecule is C[C@@H]1CCCC[C@@H]1NC(=O)CSc1nncn1-c1ccccc1. The van der Waals surface area contributed by atoms with Gasteiger partial charge in [0.05, 0.1) is 5.75 Å². The van der Waals surface area contributed by atoms with Crippen molar-refractivity contribution in [3.63, 3.8) is 0 Å². The van der Waals surface area contributed by atoms with Gasteiger partial charge in [-0.25, -0.2) is 0 Å². The molecule has 0 unspecified atom stereocenters. The molecule has 1 aliphatic rings. The van der Waals surface area contributed by atoms with E-state index in [-0.39, 0.29) is 5.91 Å². The lowest BCUT2D eigenvalue weighted by atomic mass is 9.86. The highest BCUT2D eigenvalue weighted by Crippen LogP contribution is 2.24. The Morgan fingerprint density at radius 1 is 1.30 bits per heavy atom. The summed E-state index contributed by atoms with van der Waals surface area (Å²) in [6, 6.07) is 10.2. The summed E-state index contributed by atoms with van der Waals surface area (Å²) in [6.07, 6.45) is 6.48. The van der Waals surface area contributed by atoms with Crippen LogP contribution in [-0.2, 0) is 4.79 Å². The molecular weight excluding hydrogens is 308 g/mol. The van der Waals surface area contributed by atoms with Crippen molar-refractivity contribution < 1.29 is 4.79 Å². The zero-order valence-electron chi connectivity index (χ0n) is 13.3. The number of amides is 1. The Hall–Kier alpha value is -1.82. The molecule has 2 aromatic rings. The van der Waals surface area contributed by atoms with E-state index in [2.05, 4.69) is 22.4 Å². The van der Waals surface area contributed by atoms with Gasteiger partial charge in [-0.1, -0.05) is 49.7 Å². The summed E-state index contributed by atoms with van der Waals surface area (Å²) in [7, 11) is 0. The van der Waals surface area contributed by atoms with E-state index in [4.69, 9.17) is 0 Å². The Morgan fingerprint density at radius 2 is 2.09 bits per heavy atom. The molecule has 0 spiro atoms. The maximum Gasteiger partial charge on any atom is 0.230 e. The summed E-state index contributed by atoms with van der Waals surface area (Å²) in [4.78, 5) is 12.2. The fourth-order valence-corrected chi connectivity index (χ4v) is 3.74. The standard InChI is InChI=1S/C17H22N4OS/c1-13-7-5-6-10-15(13)19-16(22)11-23-17-20-18-12-21(17)14-8-3-2-4-9-14/h2-4,8-9,12-13,15H,5-7,10-11H2,1H3,(H,19,22)/t13-,15+/m1/s1. The Kier molecular flexibility index (Phi) is 5.33. The van der Waals surface area contributed by atoms with Crippen molar-refractivity contribution in [2.75, 3.05) is 5.75 Å². The first-order chi connectivity index (χ1) is 11.2. The van der Waals surface area contributed by atoms with Crippen LogP contribution < -0.4 is 5.32 Å². The van der Waals surface area contributed by atoms with Crippen LogP contribution in [0.2, 0.25) is 0 Å². The van der Waals surface area contributed by atoms with Crippen LogP contribution in [0.1, 0.15) is 32.6 Å². The maximum absolute atomic E-state index is 12.2. The van der Waals surface area contributed by atoms with Crippen molar-refractivity contribution >= 4 is 17.7 Å². The summed E-state index contributed by atoms with van der Waals surface area (Å²) in [6.45, 7) is 2.23. The number of rotatable bonds is 5. The first kappa shape index (κ1) is 16.1. The minimum Gasteiger partial charge on any atom is -0.352 e. The van der Waals surface area contributed by atoms with Gasteiger partial charge in [0, 0.05) is 11.7 Å². The van der Waals surface area contributed by atoms with Crippen molar-refractivity contribution in [3.05, 3.63) is 36.7 Å². The van der Waals surface area contributed by atoms with Crippen molar-refractivity contribution in [3.8, 4) is 5.69 Å². The molecule has 1 heterocycles. The number of thioether (sulfide) groups is 1. The first-order valence-corrected chi connectivity index (χ1v) is 9.10. The number of nitrogens with zero attached hydrogens (tertiary/aromatic N) is 3. The number of hydrogen-bond acceptors (Lipinski definition) is 4. The largest absolute Gasteiger partial charge is 0.352 e. The number of nitrogens with one attached hydrogen (secondary N) is 1. The molecule has 0 aliphatic heterocycles. The van der Waals surface area contributed by atoms with Crippen LogP contribution in [0, 0.1) is 5.92 Å². The molecule has 0 bridgehead atoms. The summed E-state index contributed by atoms with van der Waals surface area (Å²) >= 11 is 1.42. The summed E-state index contributed by atoms with van der Waals surface area (Å²) in [5.74, 6) is 1.02. The molecule has 2 atom stereocenters. The van der Waals surface area contributed by atoms with E-state index in [0.717, 1.165) is 17.3 Å². The number of aromatic nitrogens is 3.